The van der Waals surface area contributed by atoms with E-state index in [0.717, 1.165) is 24.3 Å². The van der Waals surface area contributed by atoms with Crippen LogP contribution in [0.5, 0.6) is 46.0 Å². The molecule has 0 fully saturated rings. The largest absolute Gasteiger partial charge is 0.493 e. The van der Waals surface area contributed by atoms with E-state index < -0.39 is 0 Å². The van der Waals surface area contributed by atoms with Crippen molar-refractivity contribution in [3.8, 4) is 46.0 Å². The van der Waals surface area contributed by atoms with E-state index in [-0.39, 0.29) is 0 Å². The summed E-state index contributed by atoms with van der Waals surface area (Å²) in [5.41, 5.74) is 0. The van der Waals surface area contributed by atoms with Gasteiger partial charge < -0.3 is 37.9 Å². The van der Waals surface area contributed by atoms with Crippen molar-refractivity contribution in [2.75, 3.05) is 67.4 Å². The number of rotatable bonds is 16. The summed E-state index contributed by atoms with van der Waals surface area (Å²) >= 11 is 1.87. The summed E-state index contributed by atoms with van der Waals surface area (Å²) in [4.78, 5) is 0. The minimum absolute atomic E-state index is 0.552. The van der Waals surface area contributed by atoms with Gasteiger partial charge in [0.2, 0.25) is 11.5 Å². The summed E-state index contributed by atoms with van der Waals surface area (Å²) in [7, 11) is 9.50. The summed E-state index contributed by atoms with van der Waals surface area (Å²) in [6.45, 7) is 1.21. The molecule has 2 aromatic carbocycles. The second kappa shape index (κ2) is 14.4. The molecule has 2 aromatic rings. The maximum atomic E-state index is 5.85. The molecule has 8 nitrogen and oxygen atoms in total. The fourth-order valence-corrected chi connectivity index (χ4v) is 3.93. The number of hydrogen-bond donors (Lipinski definition) is 0. The van der Waals surface area contributed by atoms with E-state index in [1.165, 1.54) is 0 Å². The molecule has 184 valence electrons. The van der Waals surface area contributed by atoms with Crippen LogP contribution in [-0.4, -0.2) is 67.4 Å². The third-order valence-corrected chi connectivity index (χ3v) is 5.83. The summed E-state index contributed by atoms with van der Waals surface area (Å²) in [6.07, 6.45) is 1.85. The molecule has 9 heteroatoms. The Hall–Kier alpha value is -2.81. The van der Waals surface area contributed by atoms with E-state index in [4.69, 9.17) is 37.9 Å². The topological polar surface area (TPSA) is 73.8 Å². The second-order valence-electron chi connectivity index (χ2n) is 6.74. The third kappa shape index (κ3) is 7.63. The first-order valence-corrected chi connectivity index (χ1v) is 11.7. The summed E-state index contributed by atoms with van der Waals surface area (Å²) in [5, 5.41) is 0. The van der Waals surface area contributed by atoms with Gasteiger partial charge in [0.25, 0.3) is 0 Å². The van der Waals surface area contributed by atoms with E-state index in [9.17, 15) is 0 Å². The maximum Gasteiger partial charge on any atom is 0.203 e. The van der Waals surface area contributed by atoms with Crippen LogP contribution in [0.15, 0.2) is 24.3 Å². The van der Waals surface area contributed by atoms with E-state index in [0.29, 0.717) is 59.2 Å². The molecule has 0 saturated carbocycles. The highest BCUT2D eigenvalue weighted by atomic mass is 32.2. The maximum absolute atomic E-state index is 5.85. The lowest BCUT2D eigenvalue weighted by Gasteiger charge is -2.15. The Morgan fingerprint density at radius 1 is 0.515 bits per heavy atom. The molecule has 0 aliphatic heterocycles. The lowest BCUT2D eigenvalue weighted by Crippen LogP contribution is -2.03. The highest BCUT2D eigenvalue weighted by molar-refractivity contribution is 7.99. The molecule has 0 radical (unpaired) electrons. The van der Waals surface area contributed by atoms with Crippen LogP contribution < -0.4 is 37.9 Å². The van der Waals surface area contributed by atoms with Crippen LogP contribution in [0.3, 0.4) is 0 Å². The first kappa shape index (κ1) is 26.4. The van der Waals surface area contributed by atoms with Gasteiger partial charge in [0.1, 0.15) is 11.5 Å². The van der Waals surface area contributed by atoms with Gasteiger partial charge in [-0.1, -0.05) is 0 Å². The molecule has 0 heterocycles. The predicted octanol–water partition coefficient (Wildman–Crippen LogP) is 4.71. The number of hydrogen-bond acceptors (Lipinski definition) is 9. The van der Waals surface area contributed by atoms with Crippen LogP contribution in [0.25, 0.3) is 0 Å². The Kier molecular flexibility index (Phi) is 11.5. The molecule has 0 N–H and O–H groups in total. The predicted molar refractivity (Wildman–Crippen MR) is 130 cm³/mol. The lowest BCUT2D eigenvalue weighted by molar-refractivity contribution is 0.298. The van der Waals surface area contributed by atoms with Crippen LogP contribution in [0.4, 0.5) is 0 Å². The lowest BCUT2D eigenvalue weighted by atomic mass is 10.2. The number of methoxy groups -OCH3 is 6. The standard InChI is InChI=1S/C24H34O8S/c1-25-19-13-17(14-20(26-2)23(19)29-5)31-9-7-11-33-12-8-10-32-18-15-21(27-3)24(30-6)22(16-18)28-4/h13-16H,7-12H2,1-6H3. The normalized spacial score (nSPS) is 10.4. The molecule has 0 atom stereocenters. The van der Waals surface area contributed by atoms with E-state index in [2.05, 4.69) is 0 Å². The Morgan fingerprint density at radius 2 is 0.848 bits per heavy atom. The molecule has 0 saturated heterocycles. The van der Waals surface area contributed by atoms with Crippen LogP contribution in [-0.2, 0) is 0 Å². The highest BCUT2D eigenvalue weighted by Gasteiger charge is 2.15. The van der Waals surface area contributed by atoms with Crippen molar-refractivity contribution in [3.05, 3.63) is 24.3 Å². The van der Waals surface area contributed by atoms with Gasteiger partial charge in [-0.3, -0.25) is 0 Å². The monoisotopic (exact) mass is 482 g/mol. The van der Waals surface area contributed by atoms with Crippen molar-refractivity contribution in [2.24, 2.45) is 0 Å². The SMILES string of the molecule is COc1cc(OCCCSCCCOc2cc(OC)c(OC)c(OC)c2)cc(OC)c1OC. The Labute approximate surface area is 200 Å². The fraction of sp³-hybridized carbons (Fsp3) is 0.500. The van der Waals surface area contributed by atoms with Crippen molar-refractivity contribution in [2.45, 2.75) is 12.8 Å². The summed E-state index contributed by atoms with van der Waals surface area (Å²) in [5.74, 6) is 6.78. The average Bonchev–Trinajstić information content (AvgIpc) is 2.85. The smallest absolute Gasteiger partial charge is 0.203 e. The van der Waals surface area contributed by atoms with Gasteiger partial charge in [-0.05, 0) is 24.3 Å². The van der Waals surface area contributed by atoms with Gasteiger partial charge in [-0.2, -0.15) is 11.8 Å². The fourth-order valence-electron chi connectivity index (χ4n) is 3.08. The number of thioether (sulfide) groups is 1. The van der Waals surface area contributed by atoms with Gasteiger partial charge in [0.05, 0.1) is 55.9 Å². The molecule has 0 bridgehead atoms. The zero-order chi connectivity index (χ0) is 24.1. The molecular weight excluding hydrogens is 448 g/mol. The van der Waals surface area contributed by atoms with Gasteiger partial charge in [-0.15, -0.1) is 0 Å². The molecule has 0 aromatic heterocycles. The quantitative estimate of drug-likeness (QED) is 0.316. The average molecular weight is 483 g/mol. The van der Waals surface area contributed by atoms with E-state index in [1.807, 2.05) is 11.8 Å². The molecule has 0 unspecified atom stereocenters. The molecular formula is C24H34O8S. The molecule has 33 heavy (non-hydrogen) atoms. The van der Waals surface area contributed by atoms with Crippen molar-refractivity contribution < 1.29 is 37.9 Å². The Morgan fingerprint density at radius 3 is 1.12 bits per heavy atom. The van der Waals surface area contributed by atoms with E-state index in [1.54, 1.807) is 66.9 Å². The van der Waals surface area contributed by atoms with Gasteiger partial charge in [0, 0.05) is 24.3 Å². The van der Waals surface area contributed by atoms with E-state index >= 15 is 0 Å². The van der Waals surface area contributed by atoms with Crippen molar-refractivity contribution >= 4 is 11.8 Å². The van der Waals surface area contributed by atoms with Gasteiger partial charge in [-0.25, -0.2) is 0 Å². The minimum Gasteiger partial charge on any atom is -0.493 e. The van der Waals surface area contributed by atoms with Crippen molar-refractivity contribution in [1.29, 1.82) is 0 Å². The number of ether oxygens (including phenoxy) is 8. The summed E-state index contributed by atoms with van der Waals surface area (Å²) < 4.78 is 43.8. The first-order valence-electron chi connectivity index (χ1n) is 10.5. The van der Waals surface area contributed by atoms with Crippen molar-refractivity contribution in [3.63, 3.8) is 0 Å². The highest BCUT2D eigenvalue weighted by Crippen LogP contribution is 2.41. The Balaban J connectivity index is 1.67. The Bertz CT molecular complexity index is 739. The van der Waals surface area contributed by atoms with Crippen LogP contribution in [0.1, 0.15) is 12.8 Å². The molecule has 0 spiro atoms. The zero-order valence-electron chi connectivity index (χ0n) is 20.2. The van der Waals surface area contributed by atoms with Crippen molar-refractivity contribution in [1.82, 2.24) is 0 Å². The van der Waals surface area contributed by atoms with Gasteiger partial charge in [0.15, 0.2) is 23.0 Å². The van der Waals surface area contributed by atoms with Crippen LogP contribution in [0.2, 0.25) is 0 Å². The first-order chi connectivity index (χ1) is 16.1. The molecule has 0 aliphatic rings. The number of benzene rings is 2. The second-order valence-corrected chi connectivity index (χ2v) is 7.96. The summed E-state index contributed by atoms with van der Waals surface area (Å²) in [6, 6.07) is 7.20. The minimum atomic E-state index is 0.552. The molecule has 0 aliphatic carbocycles. The zero-order valence-corrected chi connectivity index (χ0v) is 21.0. The van der Waals surface area contributed by atoms with Crippen LogP contribution >= 0.6 is 11.8 Å². The molecule has 2 rings (SSSR count). The van der Waals surface area contributed by atoms with Crippen LogP contribution in [0, 0.1) is 0 Å². The third-order valence-electron chi connectivity index (χ3n) is 4.68. The van der Waals surface area contributed by atoms with Gasteiger partial charge >= 0.3 is 0 Å². The molecule has 0 amide bonds.